The van der Waals surface area contributed by atoms with Crippen molar-refractivity contribution in [3.8, 4) is 0 Å². The van der Waals surface area contributed by atoms with Crippen LogP contribution < -0.4 is 10.6 Å². The molecule has 2 amide bonds. The maximum absolute atomic E-state index is 12.2. The maximum atomic E-state index is 12.2. The molecule has 26 heavy (non-hydrogen) atoms. The van der Waals surface area contributed by atoms with E-state index in [1.54, 1.807) is 35.1 Å². The van der Waals surface area contributed by atoms with Crippen LogP contribution in [0.3, 0.4) is 0 Å². The van der Waals surface area contributed by atoms with Crippen LogP contribution in [0.2, 0.25) is 0 Å². The first-order chi connectivity index (χ1) is 12.4. The molecule has 136 valence electrons. The van der Waals surface area contributed by atoms with E-state index in [2.05, 4.69) is 15.7 Å². The summed E-state index contributed by atoms with van der Waals surface area (Å²) in [5, 5.41) is 9.48. The molecule has 0 saturated carbocycles. The molecular formula is C17H18N4O4S. The van der Waals surface area contributed by atoms with Crippen LogP contribution in [0, 0.1) is 0 Å². The number of esters is 1. The number of nitrogens with one attached hydrogen (secondary N) is 2. The predicted molar refractivity (Wildman–Crippen MR) is 97.3 cm³/mol. The number of aromatic nitrogens is 2. The molecule has 2 aromatic rings. The Balaban J connectivity index is 1.58. The minimum atomic E-state index is -0.634. The van der Waals surface area contributed by atoms with Crippen molar-refractivity contribution in [2.75, 3.05) is 23.0 Å². The third kappa shape index (κ3) is 4.05. The Labute approximate surface area is 154 Å². The fraction of sp³-hybridized carbons (Fsp3) is 0.294. The maximum Gasteiger partial charge on any atom is 0.338 e. The number of carbonyl (C=O) groups is 3. The lowest BCUT2D eigenvalue weighted by Crippen LogP contribution is -2.23. The second kappa shape index (κ2) is 7.61. The van der Waals surface area contributed by atoms with E-state index in [9.17, 15) is 14.4 Å². The molecule has 0 aliphatic carbocycles. The predicted octanol–water partition coefficient (Wildman–Crippen LogP) is 2.30. The van der Waals surface area contributed by atoms with Crippen LogP contribution in [0.5, 0.6) is 0 Å². The first kappa shape index (κ1) is 18.0. The van der Waals surface area contributed by atoms with Gasteiger partial charge in [-0.2, -0.15) is 5.10 Å². The van der Waals surface area contributed by atoms with Gasteiger partial charge in [-0.3, -0.25) is 9.59 Å². The number of benzene rings is 1. The van der Waals surface area contributed by atoms with E-state index >= 15 is 0 Å². The van der Waals surface area contributed by atoms with Gasteiger partial charge >= 0.3 is 5.97 Å². The van der Waals surface area contributed by atoms with E-state index in [-0.39, 0.29) is 17.5 Å². The molecule has 1 aliphatic rings. The van der Waals surface area contributed by atoms with Gasteiger partial charge in [-0.15, -0.1) is 11.8 Å². The zero-order chi connectivity index (χ0) is 18.7. The van der Waals surface area contributed by atoms with Gasteiger partial charge in [0.2, 0.25) is 5.91 Å². The lowest BCUT2D eigenvalue weighted by Gasteiger charge is -2.16. The molecule has 2 heterocycles. The van der Waals surface area contributed by atoms with E-state index < -0.39 is 18.5 Å². The van der Waals surface area contributed by atoms with E-state index in [1.165, 1.54) is 11.8 Å². The van der Waals surface area contributed by atoms with Crippen LogP contribution in [0.15, 0.2) is 35.4 Å². The number of amides is 2. The van der Waals surface area contributed by atoms with Crippen LogP contribution in [0.1, 0.15) is 30.2 Å². The number of hydrogen-bond donors (Lipinski definition) is 2. The quantitative estimate of drug-likeness (QED) is 0.779. The Morgan fingerprint density at radius 1 is 1.38 bits per heavy atom. The molecule has 1 aromatic heterocycles. The zero-order valence-electron chi connectivity index (χ0n) is 14.3. The summed E-state index contributed by atoms with van der Waals surface area (Å²) in [5.41, 5.74) is 0.845. The van der Waals surface area contributed by atoms with Crippen molar-refractivity contribution in [2.24, 2.45) is 0 Å². The molecule has 0 fully saturated rings. The molecule has 0 atom stereocenters. The van der Waals surface area contributed by atoms with Gasteiger partial charge in [-0.25, -0.2) is 9.48 Å². The highest BCUT2D eigenvalue weighted by atomic mass is 32.2. The highest BCUT2D eigenvalue weighted by Gasteiger charge is 2.18. The summed E-state index contributed by atoms with van der Waals surface area (Å²) in [4.78, 5) is 36.5. The van der Waals surface area contributed by atoms with E-state index in [1.807, 2.05) is 13.8 Å². The summed E-state index contributed by atoms with van der Waals surface area (Å²) in [6.45, 7) is 3.46. The number of fused-ring (bicyclic) bond motifs is 1. The van der Waals surface area contributed by atoms with Crippen molar-refractivity contribution < 1.29 is 19.1 Å². The Bertz CT molecular complexity index is 862. The fourth-order valence-corrected chi connectivity index (χ4v) is 3.22. The largest absolute Gasteiger partial charge is 0.452 e. The SMILES string of the molecule is CC(C)n1nccc1NC(=O)COC(=O)c1ccc2c(c1)NC(=O)CS2. The van der Waals surface area contributed by atoms with Gasteiger partial charge in [0, 0.05) is 17.0 Å². The first-order valence-corrected chi connectivity index (χ1v) is 9.00. The van der Waals surface area contributed by atoms with E-state index in [0.29, 0.717) is 17.3 Å². The van der Waals surface area contributed by atoms with Gasteiger partial charge in [-0.1, -0.05) is 0 Å². The molecular weight excluding hydrogens is 356 g/mol. The highest BCUT2D eigenvalue weighted by molar-refractivity contribution is 8.00. The lowest BCUT2D eigenvalue weighted by molar-refractivity contribution is -0.119. The fourth-order valence-electron chi connectivity index (χ4n) is 2.43. The van der Waals surface area contributed by atoms with Crippen molar-refractivity contribution in [1.82, 2.24) is 9.78 Å². The third-order valence-electron chi connectivity index (χ3n) is 3.61. The van der Waals surface area contributed by atoms with Gasteiger partial charge in [0.15, 0.2) is 6.61 Å². The number of nitrogens with zero attached hydrogens (tertiary/aromatic N) is 2. The molecule has 1 aliphatic heterocycles. The lowest BCUT2D eigenvalue weighted by atomic mass is 10.2. The number of anilines is 2. The summed E-state index contributed by atoms with van der Waals surface area (Å²) in [6.07, 6.45) is 1.58. The number of hydrogen-bond acceptors (Lipinski definition) is 6. The topological polar surface area (TPSA) is 102 Å². The Kier molecular flexibility index (Phi) is 5.27. The van der Waals surface area contributed by atoms with Gasteiger partial charge in [-0.05, 0) is 32.0 Å². The molecule has 9 heteroatoms. The normalized spacial score (nSPS) is 13.1. The number of rotatable bonds is 5. The van der Waals surface area contributed by atoms with Crippen LogP contribution in [-0.2, 0) is 14.3 Å². The summed E-state index contributed by atoms with van der Waals surface area (Å²) < 4.78 is 6.71. The number of carbonyl (C=O) groups excluding carboxylic acids is 3. The third-order valence-corrected chi connectivity index (χ3v) is 4.68. The molecule has 2 N–H and O–H groups in total. The van der Waals surface area contributed by atoms with Gasteiger partial charge < -0.3 is 15.4 Å². The minimum absolute atomic E-state index is 0.0893. The van der Waals surface area contributed by atoms with E-state index in [4.69, 9.17) is 4.74 Å². The standard InChI is InChI=1S/C17H18N4O4S/c1-10(2)21-14(5-6-18-21)20-15(22)8-25-17(24)11-3-4-13-12(7-11)19-16(23)9-26-13/h3-7,10H,8-9H2,1-2H3,(H,19,23)(H,20,22). The van der Waals surface area contributed by atoms with Crippen LogP contribution >= 0.6 is 11.8 Å². The molecule has 0 radical (unpaired) electrons. The molecule has 0 saturated heterocycles. The summed E-state index contributed by atoms with van der Waals surface area (Å²) in [5.74, 6) is -0.319. The molecule has 1 aromatic carbocycles. The molecule has 0 bridgehead atoms. The van der Waals surface area contributed by atoms with E-state index in [0.717, 1.165) is 4.90 Å². The van der Waals surface area contributed by atoms with Crippen molar-refractivity contribution in [3.63, 3.8) is 0 Å². The van der Waals surface area contributed by atoms with Crippen LogP contribution in [0.25, 0.3) is 0 Å². The average molecular weight is 374 g/mol. The highest BCUT2D eigenvalue weighted by Crippen LogP contribution is 2.32. The van der Waals surface area contributed by atoms with Gasteiger partial charge in [0.25, 0.3) is 5.91 Å². The Morgan fingerprint density at radius 2 is 2.19 bits per heavy atom. The smallest absolute Gasteiger partial charge is 0.338 e. The summed E-state index contributed by atoms with van der Waals surface area (Å²) in [7, 11) is 0. The average Bonchev–Trinajstić information content (AvgIpc) is 3.07. The van der Waals surface area contributed by atoms with Gasteiger partial charge in [0.1, 0.15) is 5.82 Å². The van der Waals surface area contributed by atoms with Crippen molar-refractivity contribution in [3.05, 3.63) is 36.0 Å². The second-order valence-electron chi connectivity index (χ2n) is 5.93. The molecule has 8 nitrogen and oxygen atoms in total. The summed E-state index contributed by atoms with van der Waals surface area (Å²) in [6, 6.07) is 6.66. The zero-order valence-corrected chi connectivity index (χ0v) is 15.1. The monoisotopic (exact) mass is 374 g/mol. The minimum Gasteiger partial charge on any atom is -0.452 e. The molecule has 0 unspecified atom stereocenters. The van der Waals surface area contributed by atoms with Crippen molar-refractivity contribution in [2.45, 2.75) is 24.8 Å². The summed E-state index contributed by atoms with van der Waals surface area (Å²) >= 11 is 1.40. The van der Waals surface area contributed by atoms with Gasteiger partial charge in [0.05, 0.1) is 23.2 Å². The second-order valence-corrected chi connectivity index (χ2v) is 6.94. The van der Waals surface area contributed by atoms with Crippen molar-refractivity contribution >= 4 is 41.1 Å². The number of ether oxygens (including phenoxy) is 1. The van der Waals surface area contributed by atoms with Crippen molar-refractivity contribution in [1.29, 1.82) is 0 Å². The number of thioether (sulfide) groups is 1. The van der Waals surface area contributed by atoms with Crippen LogP contribution in [0.4, 0.5) is 11.5 Å². The Morgan fingerprint density at radius 3 is 2.96 bits per heavy atom. The molecule has 3 rings (SSSR count). The first-order valence-electron chi connectivity index (χ1n) is 8.01. The molecule has 0 spiro atoms. The van der Waals surface area contributed by atoms with Crippen LogP contribution in [-0.4, -0.2) is 39.9 Å². The Hall–Kier alpha value is -2.81.